The fourth-order valence-electron chi connectivity index (χ4n) is 1.63. The predicted octanol–water partition coefficient (Wildman–Crippen LogP) is 2.13. The minimum atomic E-state index is -0.0973. The van der Waals surface area contributed by atoms with Crippen LogP contribution in [-0.4, -0.2) is 35.9 Å². The Morgan fingerprint density at radius 3 is 2.84 bits per heavy atom. The van der Waals surface area contributed by atoms with Crippen molar-refractivity contribution in [2.45, 2.75) is 6.92 Å². The smallest absolute Gasteiger partial charge is 0.238 e. The lowest BCUT2D eigenvalue weighted by Crippen LogP contribution is -2.36. The summed E-state index contributed by atoms with van der Waals surface area (Å²) in [5.41, 5.74) is 6.23. The summed E-state index contributed by atoms with van der Waals surface area (Å²) in [6.45, 7) is 2.87. The number of nitrogens with zero attached hydrogens (tertiary/aromatic N) is 1. The van der Waals surface area contributed by atoms with Crippen molar-refractivity contribution >= 4 is 40.4 Å². The van der Waals surface area contributed by atoms with Gasteiger partial charge in [-0.3, -0.25) is 9.69 Å². The highest BCUT2D eigenvalue weighted by atomic mass is 35.5. The first-order valence-electron chi connectivity index (χ1n) is 5.91. The molecule has 0 aliphatic rings. The number of halogens is 1. The van der Waals surface area contributed by atoms with E-state index in [-0.39, 0.29) is 18.4 Å². The van der Waals surface area contributed by atoms with Crippen LogP contribution in [0.15, 0.2) is 24.3 Å². The maximum atomic E-state index is 11.8. The predicted molar refractivity (Wildman–Crippen MR) is 83.5 cm³/mol. The number of carbonyl (C=O) groups excluding carboxylic acids is 1. The molecule has 0 bridgehead atoms. The Morgan fingerprint density at radius 1 is 1.58 bits per heavy atom. The van der Waals surface area contributed by atoms with Gasteiger partial charge in [-0.2, -0.15) is 0 Å². The first-order chi connectivity index (χ1) is 8.88. The largest absolute Gasteiger partial charge is 0.393 e. The van der Waals surface area contributed by atoms with Gasteiger partial charge in [0.2, 0.25) is 5.91 Å². The van der Waals surface area contributed by atoms with Gasteiger partial charge in [-0.15, -0.1) is 0 Å². The third kappa shape index (κ3) is 6.00. The molecule has 0 heterocycles. The quantitative estimate of drug-likeness (QED) is 0.790. The summed E-state index contributed by atoms with van der Waals surface area (Å²) in [4.78, 5) is 14.2. The summed E-state index contributed by atoms with van der Waals surface area (Å²) >= 11 is 10.8. The maximum absolute atomic E-state index is 11.8. The molecule has 0 saturated carbocycles. The minimum Gasteiger partial charge on any atom is -0.393 e. The van der Waals surface area contributed by atoms with Crippen LogP contribution < -0.4 is 11.1 Å². The van der Waals surface area contributed by atoms with Crippen LogP contribution in [0.1, 0.15) is 6.92 Å². The van der Waals surface area contributed by atoms with Crippen molar-refractivity contribution in [1.29, 1.82) is 0 Å². The van der Waals surface area contributed by atoms with Gasteiger partial charge in [-0.1, -0.05) is 36.8 Å². The minimum absolute atomic E-state index is 0.0824. The number of thiocarbonyl (C=S) groups is 1. The Bertz CT molecular complexity index is 467. The number of anilines is 1. The third-order valence-electron chi connectivity index (χ3n) is 2.59. The normalized spacial score (nSPS) is 12.2. The maximum Gasteiger partial charge on any atom is 0.238 e. The molecule has 104 valence electrons. The van der Waals surface area contributed by atoms with Gasteiger partial charge >= 0.3 is 0 Å². The molecule has 19 heavy (non-hydrogen) atoms. The van der Waals surface area contributed by atoms with Gasteiger partial charge in [-0.05, 0) is 25.2 Å². The molecule has 1 aromatic rings. The van der Waals surface area contributed by atoms with Crippen molar-refractivity contribution in [2.24, 2.45) is 11.7 Å². The molecule has 1 unspecified atom stereocenters. The lowest BCUT2D eigenvalue weighted by atomic mass is 10.2. The molecule has 1 amide bonds. The van der Waals surface area contributed by atoms with Gasteiger partial charge in [0.25, 0.3) is 0 Å². The number of amides is 1. The van der Waals surface area contributed by atoms with Crippen LogP contribution in [0.3, 0.4) is 0 Å². The summed E-state index contributed by atoms with van der Waals surface area (Å²) in [6, 6.07) is 7.04. The molecular weight excluding hydrogens is 282 g/mol. The summed E-state index contributed by atoms with van der Waals surface area (Å²) in [5.74, 6) is -0.0149. The Morgan fingerprint density at radius 2 is 2.26 bits per heavy atom. The van der Waals surface area contributed by atoms with E-state index in [1.54, 1.807) is 24.3 Å². The second-order valence-electron chi connectivity index (χ2n) is 4.56. The monoisotopic (exact) mass is 299 g/mol. The highest BCUT2D eigenvalue weighted by Gasteiger charge is 2.12. The topological polar surface area (TPSA) is 58.4 Å². The number of rotatable bonds is 6. The number of nitrogens with two attached hydrogens (primary N) is 1. The van der Waals surface area contributed by atoms with E-state index in [4.69, 9.17) is 29.6 Å². The van der Waals surface area contributed by atoms with E-state index < -0.39 is 0 Å². The lowest BCUT2D eigenvalue weighted by Gasteiger charge is -2.20. The molecule has 1 rings (SSSR count). The van der Waals surface area contributed by atoms with E-state index in [2.05, 4.69) is 5.32 Å². The van der Waals surface area contributed by atoms with Gasteiger partial charge in [0.1, 0.15) is 0 Å². The van der Waals surface area contributed by atoms with Gasteiger partial charge in [0.15, 0.2) is 0 Å². The highest BCUT2D eigenvalue weighted by molar-refractivity contribution is 7.80. The number of likely N-dealkylation sites (N-methyl/N-ethyl adjacent to an activating group) is 1. The molecule has 1 aromatic carbocycles. The van der Waals surface area contributed by atoms with E-state index in [0.717, 1.165) is 0 Å². The summed E-state index contributed by atoms with van der Waals surface area (Å²) in [7, 11) is 1.85. The number of hydrogen-bond donors (Lipinski definition) is 2. The van der Waals surface area contributed by atoms with Crippen LogP contribution in [0.2, 0.25) is 5.02 Å². The zero-order valence-corrected chi connectivity index (χ0v) is 12.6. The fraction of sp³-hybridized carbons (Fsp3) is 0.385. The molecular formula is C13H18ClN3OS. The standard InChI is InChI=1S/C13H18ClN3OS/c1-9(13(15)19)7-17(2)8-12(18)16-11-5-3-4-10(14)6-11/h3-6,9H,7-8H2,1-2H3,(H2,15,19)(H,16,18). The molecule has 1 atom stereocenters. The van der Waals surface area contributed by atoms with E-state index in [0.29, 0.717) is 22.2 Å². The second-order valence-corrected chi connectivity index (χ2v) is 5.47. The van der Waals surface area contributed by atoms with E-state index >= 15 is 0 Å². The average molecular weight is 300 g/mol. The number of hydrogen-bond acceptors (Lipinski definition) is 3. The van der Waals surface area contributed by atoms with Crippen LogP contribution in [0, 0.1) is 5.92 Å². The average Bonchev–Trinajstić information content (AvgIpc) is 2.27. The Hall–Kier alpha value is -1.17. The Kier molecular flexibility index (Phi) is 6.21. The van der Waals surface area contributed by atoms with Crippen molar-refractivity contribution in [1.82, 2.24) is 4.90 Å². The molecule has 0 fully saturated rings. The molecule has 6 heteroatoms. The molecule has 0 aliphatic carbocycles. The highest BCUT2D eigenvalue weighted by Crippen LogP contribution is 2.14. The van der Waals surface area contributed by atoms with Crippen LogP contribution >= 0.6 is 23.8 Å². The second kappa shape index (κ2) is 7.43. The van der Waals surface area contributed by atoms with Crippen LogP contribution in [0.25, 0.3) is 0 Å². The van der Waals surface area contributed by atoms with Gasteiger partial charge in [0.05, 0.1) is 11.5 Å². The third-order valence-corrected chi connectivity index (χ3v) is 3.23. The lowest BCUT2D eigenvalue weighted by molar-refractivity contribution is -0.117. The van der Waals surface area contributed by atoms with E-state index in [1.165, 1.54) is 0 Å². The molecule has 3 N–H and O–H groups in total. The van der Waals surface area contributed by atoms with Crippen molar-refractivity contribution in [2.75, 3.05) is 25.5 Å². The zero-order valence-electron chi connectivity index (χ0n) is 11.0. The molecule has 0 spiro atoms. The first kappa shape index (κ1) is 15.9. The first-order valence-corrected chi connectivity index (χ1v) is 6.70. The van der Waals surface area contributed by atoms with Crippen molar-refractivity contribution in [3.8, 4) is 0 Å². The fourth-order valence-corrected chi connectivity index (χ4v) is 1.90. The van der Waals surface area contributed by atoms with Gasteiger partial charge < -0.3 is 11.1 Å². The van der Waals surface area contributed by atoms with Gasteiger partial charge in [0, 0.05) is 23.2 Å². The van der Waals surface area contributed by atoms with Crippen molar-refractivity contribution in [3.05, 3.63) is 29.3 Å². The van der Waals surface area contributed by atoms with Crippen LogP contribution in [-0.2, 0) is 4.79 Å². The molecule has 0 aromatic heterocycles. The van der Waals surface area contributed by atoms with Crippen LogP contribution in [0.4, 0.5) is 5.69 Å². The molecule has 0 aliphatic heterocycles. The Balaban J connectivity index is 2.45. The summed E-state index contributed by atoms with van der Waals surface area (Å²) < 4.78 is 0. The van der Waals surface area contributed by atoms with Crippen LogP contribution in [0.5, 0.6) is 0 Å². The number of nitrogens with one attached hydrogen (secondary N) is 1. The SMILES string of the molecule is CC(CN(C)CC(=O)Nc1cccc(Cl)c1)C(N)=S. The molecule has 4 nitrogen and oxygen atoms in total. The number of carbonyl (C=O) groups is 1. The van der Waals surface area contributed by atoms with Crippen molar-refractivity contribution < 1.29 is 4.79 Å². The van der Waals surface area contributed by atoms with Crippen molar-refractivity contribution in [3.63, 3.8) is 0 Å². The molecule has 0 saturated heterocycles. The molecule has 0 radical (unpaired) electrons. The van der Waals surface area contributed by atoms with E-state index in [9.17, 15) is 4.79 Å². The summed E-state index contributed by atoms with van der Waals surface area (Å²) in [5, 5.41) is 3.38. The zero-order chi connectivity index (χ0) is 14.4. The van der Waals surface area contributed by atoms with Gasteiger partial charge in [-0.25, -0.2) is 0 Å². The van der Waals surface area contributed by atoms with E-state index in [1.807, 2.05) is 18.9 Å². The number of benzene rings is 1. The Labute approximate surface area is 123 Å². The summed E-state index contributed by atoms with van der Waals surface area (Å²) in [6.07, 6.45) is 0.